The fourth-order valence-corrected chi connectivity index (χ4v) is 1.57. The van der Waals surface area contributed by atoms with Gasteiger partial charge in [-0.25, -0.2) is 0 Å². The normalized spacial score (nSPS) is 10.3. The minimum atomic E-state index is -0.0527. The van der Waals surface area contributed by atoms with Gasteiger partial charge < -0.3 is 10.6 Å². The van der Waals surface area contributed by atoms with Crippen molar-refractivity contribution in [2.24, 2.45) is 0 Å². The molecule has 0 radical (unpaired) electrons. The van der Waals surface area contributed by atoms with E-state index in [1.807, 2.05) is 6.92 Å². The van der Waals surface area contributed by atoms with Crippen LogP contribution in [0.2, 0.25) is 5.02 Å². The Balaban J connectivity index is 2.39. The lowest BCUT2D eigenvalue weighted by Gasteiger charge is -2.07. The van der Waals surface area contributed by atoms with E-state index >= 15 is 0 Å². The van der Waals surface area contributed by atoms with Gasteiger partial charge in [0.2, 0.25) is 0 Å². The predicted octanol–water partition coefficient (Wildman–Crippen LogP) is 2.38. The maximum atomic E-state index is 11.8. The van der Waals surface area contributed by atoms with Crippen molar-refractivity contribution in [1.29, 1.82) is 0 Å². The molecule has 17 heavy (non-hydrogen) atoms. The van der Waals surface area contributed by atoms with Crippen LogP contribution in [0.3, 0.4) is 0 Å². The Morgan fingerprint density at radius 2 is 2.06 bits per heavy atom. The van der Waals surface area contributed by atoms with E-state index in [4.69, 9.17) is 11.6 Å². The number of rotatable bonds is 6. The van der Waals surface area contributed by atoms with E-state index in [1.165, 1.54) is 0 Å². The SMILES string of the molecule is CCCNCCNC(=O)c1ccc(Cl)c(C)c1. The van der Waals surface area contributed by atoms with Gasteiger partial charge in [0.25, 0.3) is 5.91 Å². The van der Waals surface area contributed by atoms with E-state index in [1.54, 1.807) is 18.2 Å². The van der Waals surface area contributed by atoms with Crippen LogP contribution in [0.4, 0.5) is 0 Å². The van der Waals surface area contributed by atoms with Gasteiger partial charge in [0, 0.05) is 23.7 Å². The highest BCUT2D eigenvalue weighted by molar-refractivity contribution is 6.31. The third-order valence-corrected chi connectivity index (χ3v) is 2.86. The molecule has 0 saturated carbocycles. The third-order valence-electron chi connectivity index (χ3n) is 2.43. The zero-order valence-electron chi connectivity index (χ0n) is 10.3. The summed E-state index contributed by atoms with van der Waals surface area (Å²) in [6.07, 6.45) is 1.10. The number of amides is 1. The molecule has 0 unspecified atom stereocenters. The first-order valence-electron chi connectivity index (χ1n) is 5.90. The molecule has 0 fully saturated rings. The Kier molecular flexibility index (Phi) is 6.01. The quantitative estimate of drug-likeness (QED) is 0.766. The largest absolute Gasteiger partial charge is 0.351 e. The van der Waals surface area contributed by atoms with E-state index in [0.717, 1.165) is 25.1 Å². The highest BCUT2D eigenvalue weighted by Gasteiger charge is 2.05. The van der Waals surface area contributed by atoms with Gasteiger partial charge in [-0.15, -0.1) is 0 Å². The van der Waals surface area contributed by atoms with Crippen LogP contribution in [-0.2, 0) is 0 Å². The van der Waals surface area contributed by atoms with Gasteiger partial charge in [0.1, 0.15) is 0 Å². The maximum absolute atomic E-state index is 11.8. The van der Waals surface area contributed by atoms with Crippen molar-refractivity contribution in [3.05, 3.63) is 34.3 Å². The van der Waals surface area contributed by atoms with E-state index in [9.17, 15) is 4.79 Å². The lowest BCUT2D eigenvalue weighted by Crippen LogP contribution is -2.32. The molecule has 1 rings (SSSR count). The zero-order chi connectivity index (χ0) is 12.7. The second-order valence-electron chi connectivity index (χ2n) is 3.97. The number of benzene rings is 1. The Labute approximate surface area is 108 Å². The van der Waals surface area contributed by atoms with Crippen molar-refractivity contribution in [2.75, 3.05) is 19.6 Å². The van der Waals surface area contributed by atoms with Gasteiger partial charge >= 0.3 is 0 Å². The molecule has 1 aromatic rings. The number of hydrogen-bond donors (Lipinski definition) is 2. The standard InChI is InChI=1S/C13H19ClN2O/c1-3-6-15-7-8-16-13(17)11-4-5-12(14)10(2)9-11/h4-5,9,15H,3,6-8H2,1-2H3,(H,16,17). The van der Waals surface area contributed by atoms with Crippen molar-refractivity contribution in [3.8, 4) is 0 Å². The molecule has 0 aliphatic heterocycles. The summed E-state index contributed by atoms with van der Waals surface area (Å²) in [5.74, 6) is -0.0527. The van der Waals surface area contributed by atoms with Gasteiger partial charge in [-0.1, -0.05) is 18.5 Å². The number of halogens is 1. The predicted molar refractivity (Wildman–Crippen MR) is 71.7 cm³/mol. The van der Waals surface area contributed by atoms with Crippen LogP contribution >= 0.6 is 11.6 Å². The molecule has 0 bridgehead atoms. The Hall–Kier alpha value is -1.06. The Morgan fingerprint density at radius 1 is 1.29 bits per heavy atom. The first-order valence-corrected chi connectivity index (χ1v) is 6.28. The van der Waals surface area contributed by atoms with E-state index in [-0.39, 0.29) is 5.91 Å². The van der Waals surface area contributed by atoms with Gasteiger partial charge in [0.15, 0.2) is 0 Å². The number of carbonyl (C=O) groups is 1. The maximum Gasteiger partial charge on any atom is 0.251 e. The molecule has 0 spiro atoms. The monoisotopic (exact) mass is 254 g/mol. The van der Waals surface area contributed by atoms with Crippen LogP contribution in [0.5, 0.6) is 0 Å². The van der Waals surface area contributed by atoms with Gasteiger partial charge in [-0.05, 0) is 43.7 Å². The topological polar surface area (TPSA) is 41.1 Å². The lowest BCUT2D eigenvalue weighted by molar-refractivity contribution is 0.0954. The number of hydrogen-bond acceptors (Lipinski definition) is 2. The molecule has 0 aliphatic carbocycles. The number of aryl methyl sites for hydroxylation is 1. The highest BCUT2D eigenvalue weighted by Crippen LogP contribution is 2.15. The van der Waals surface area contributed by atoms with Crippen LogP contribution in [0.1, 0.15) is 29.3 Å². The van der Waals surface area contributed by atoms with Gasteiger partial charge in [0.05, 0.1) is 0 Å². The molecule has 3 nitrogen and oxygen atoms in total. The second-order valence-corrected chi connectivity index (χ2v) is 4.38. The summed E-state index contributed by atoms with van der Waals surface area (Å²) >= 11 is 5.91. The van der Waals surface area contributed by atoms with Crippen molar-refractivity contribution in [2.45, 2.75) is 20.3 Å². The third kappa shape index (κ3) is 4.75. The van der Waals surface area contributed by atoms with Crippen molar-refractivity contribution < 1.29 is 4.79 Å². The molecule has 0 heterocycles. The summed E-state index contributed by atoms with van der Waals surface area (Å²) in [6, 6.07) is 5.29. The fourth-order valence-electron chi connectivity index (χ4n) is 1.45. The molecular weight excluding hydrogens is 236 g/mol. The average Bonchev–Trinajstić information content (AvgIpc) is 2.32. The van der Waals surface area contributed by atoms with Crippen LogP contribution in [-0.4, -0.2) is 25.5 Å². The molecule has 1 aromatic carbocycles. The summed E-state index contributed by atoms with van der Waals surface area (Å²) in [5, 5.41) is 6.77. The lowest BCUT2D eigenvalue weighted by atomic mass is 10.1. The van der Waals surface area contributed by atoms with E-state index in [2.05, 4.69) is 17.6 Å². The van der Waals surface area contributed by atoms with E-state index < -0.39 is 0 Å². The smallest absolute Gasteiger partial charge is 0.251 e. The summed E-state index contributed by atoms with van der Waals surface area (Å²) in [5.41, 5.74) is 1.57. The Bertz CT molecular complexity index is 380. The summed E-state index contributed by atoms with van der Waals surface area (Å²) < 4.78 is 0. The van der Waals surface area contributed by atoms with Crippen LogP contribution in [0.25, 0.3) is 0 Å². The van der Waals surface area contributed by atoms with Gasteiger partial charge in [-0.2, -0.15) is 0 Å². The first kappa shape index (κ1) is 14.0. The summed E-state index contributed by atoms with van der Waals surface area (Å²) in [6.45, 7) is 6.42. The average molecular weight is 255 g/mol. The minimum absolute atomic E-state index is 0.0527. The van der Waals surface area contributed by atoms with Crippen molar-refractivity contribution >= 4 is 17.5 Å². The van der Waals surface area contributed by atoms with E-state index in [0.29, 0.717) is 17.1 Å². The molecule has 2 N–H and O–H groups in total. The Morgan fingerprint density at radius 3 is 2.71 bits per heavy atom. The highest BCUT2D eigenvalue weighted by atomic mass is 35.5. The fraction of sp³-hybridized carbons (Fsp3) is 0.462. The van der Waals surface area contributed by atoms with Crippen molar-refractivity contribution in [3.63, 3.8) is 0 Å². The summed E-state index contributed by atoms with van der Waals surface area (Å²) in [7, 11) is 0. The molecule has 0 aromatic heterocycles. The molecule has 94 valence electrons. The summed E-state index contributed by atoms with van der Waals surface area (Å²) in [4.78, 5) is 11.8. The van der Waals surface area contributed by atoms with Crippen LogP contribution in [0, 0.1) is 6.92 Å². The molecule has 0 atom stereocenters. The molecule has 1 amide bonds. The minimum Gasteiger partial charge on any atom is -0.351 e. The number of carbonyl (C=O) groups excluding carboxylic acids is 1. The zero-order valence-corrected chi connectivity index (χ0v) is 11.1. The molecule has 4 heteroatoms. The van der Waals surface area contributed by atoms with Crippen LogP contribution in [0.15, 0.2) is 18.2 Å². The van der Waals surface area contributed by atoms with Gasteiger partial charge in [-0.3, -0.25) is 4.79 Å². The second kappa shape index (κ2) is 7.30. The molecular formula is C13H19ClN2O. The molecule has 0 saturated heterocycles. The van der Waals surface area contributed by atoms with Crippen LogP contribution < -0.4 is 10.6 Å². The number of nitrogens with one attached hydrogen (secondary N) is 2. The van der Waals surface area contributed by atoms with Crippen molar-refractivity contribution in [1.82, 2.24) is 10.6 Å². The molecule has 0 aliphatic rings. The first-order chi connectivity index (χ1) is 8.15.